The van der Waals surface area contributed by atoms with Crippen molar-refractivity contribution in [3.05, 3.63) is 36.0 Å². The molecule has 2 amide bonds. The first-order valence-corrected chi connectivity index (χ1v) is 8.57. The molecule has 10 heteroatoms. The van der Waals surface area contributed by atoms with Crippen LogP contribution in [0.15, 0.2) is 28.7 Å². The highest BCUT2D eigenvalue weighted by molar-refractivity contribution is 5.91. The molecule has 1 aliphatic heterocycles. The number of rotatable bonds is 4. The maximum atomic E-state index is 12.6. The van der Waals surface area contributed by atoms with Gasteiger partial charge in [-0.05, 0) is 31.9 Å². The molecular weight excluding hydrogens is 365 g/mol. The molecule has 1 aromatic heterocycles. The molecule has 1 N–H and O–H groups in total. The van der Waals surface area contributed by atoms with E-state index in [1.807, 2.05) is 13.0 Å². The third-order valence-electron chi connectivity index (χ3n) is 4.24. The zero-order valence-corrected chi connectivity index (χ0v) is 14.6. The molecule has 1 aliphatic rings. The summed E-state index contributed by atoms with van der Waals surface area (Å²) < 4.78 is 47.9. The molecule has 1 aromatic carbocycles. The molecular formula is C17H19F3N4O3. The molecule has 0 saturated carbocycles. The standard InChI is InChI=1S/C17H19F3N4O3/c1-2-26-13-6-4-3-5-12(13)21-16(25)24-9-7-11(8-10-24)14-22-23-15(27-14)17(18,19)20/h3-6,11H,2,7-10H2,1H3,(H,21,25). The van der Waals surface area contributed by atoms with Gasteiger partial charge >= 0.3 is 18.1 Å². The van der Waals surface area contributed by atoms with Crippen LogP contribution in [-0.4, -0.2) is 40.8 Å². The van der Waals surface area contributed by atoms with Gasteiger partial charge in [0, 0.05) is 19.0 Å². The molecule has 0 spiro atoms. The second kappa shape index (κ2) is 7.85. The van der Waals surface area contributed by atoms with E-state index in [4.69, 9.17) is 9.15 Å². The highest BCUT2D eigenvalue weighted by Crippen LogP contribution is 2.33. The number of amides is 2. The molecule has 7 nitrogen and oxygen atoms in total. The topological polar surface area (TPSA) is 80.5 Å². The van der Waals surface area contributed by atoms with Crippen molar-refractivity contribution in [2.45, 2.75) is 31.9 Å². The van der Waals surface area contributed by atoms with Gasteiger partial charge < -0.3 is 19.4 Å². The van der Waals surface area contributed by atoms with Crippen LogP contribution in [0.1, 0.15) is 37.5 Å². The highest BCUT2D eigenvalue weighted by atomic mass is 19.4. The second-order valence-electron chi connectivity index (χ2n) is 6.06. The summed E-state index contributed by atoms with van der Waals surface area (Å²) >= 11 is 0. The van der Waals surface area contributed by atoms with Crippen molar-refractivity contribution in [2.24, 2.45) is 0 Å². The normalized spacial score (nSPS) is 15.6. The van der Waals surface area contributed by atoms with Crippen LogP contribution in [0.2, 0.25) is 0 Å². The lowest BCUT2D eigenvalue weighted by Gasteiger charge is -2.30. The van der Waals surface area contributed by atoms with Crippen LogP contribution in [0.4, 0.5) is 23.7 Å². The summed E-state index contributed by atoms with van der Waals surface area (Å²) in [5, 5.41) is 9.36. The van der Waals surface area contributed by atoms with E-state index in [-0.39, 0.29) is 17.8 Å². The molecule has 3 rings (SSSR count). The Balaban J connectivity index is 1.57. The van der Waals surface area contributed by atoms with Gasteiger partial charge in [0.25, 0.3) is 0 Å². The number of anilines is 1. The van der Waals surface area contributed by atoms with Gasteiger partial charge in [-0.2, -0.15) is 13.2 Å². The zero-order chi connectivity index (χ0) is 19.4. The highest BCUT2D eigenvalue weighted by Gasteiger charge is 2.39. The van der Waals surface area contributed by atoms with Crippen LogP contribution < -0.4 is 10.1 Å². The van der Waals surface area contributed by atoms with Crippen LogP contribution in [0.5, 0.6) is 5.75 Å². The second-order valence-corrected chi connectivity index (χ2v) is 6.06. The number of carbonyl (C=O) groups is 1. The minimum Gasteiger partial charge on any atom is -0.492 e. The van der Waals surface area contributed by atoms with Crippen molar-refractivity contribution in [3.63, 3.8) is 0 Å². The van der Waals surface area contributed by atoms with E-state index in [9.17, 15) is 18.0 Å². The van der Waals surface area contributed by atoms with E-state index in [2.05, 4.69) is 15.5 Å². The van der Waals surface area contributed by atoms with Gasteiger partial charge in [-0.1, -0.05) is 12.1 Å². The molecule has 0 bridgehead atoms. The number of urea groups is 1. The van der Waals surface area contributed by atoms with Crippen LogP contribution in [0.3, 0.4) is 0 Å². The fourth-order valence-corrected chi connectivity index (χ4v) is 2.89. The van der Waals surface area contributed by atoms with Crippen LogP contribution in [0.25, 0.3) is 0 Å². The van der Waals surface area contributed by atoms with Gasteiger partial charge in [0.2, 0.25) is 5.89 Å². The summed E-state index contributed by atoms with van der Waals surface area (Å²) in [7, 11) is 0. The quantitative estimate of drug-likeness (QED) is 0.865. The molecule has 0 aliphatic carbocycles. The number of hydrogen-bond acceptors (Lipinski definition) is 5. The first kappa shape index (κ1) is 19.0. The van der Waals surface area contributed by atoms with Crippen molar-refractivity contribution in [3.8, 4) is 5.75 Å². The molecule has 1 saturated heterocycles. The Labute approximate surface area is 153 Å². The van der Waals surface area contributed by atoms with Crippen molar-refractivity contribution in [1.82, 2.24) is 15.1 Å². The summed E-state index contributed by atoms with van der Waals surface area (Å²) in [6, 6.07) is 6.82. The van der Waals surface area contributed by atoms with Gasteiger partial charge in [-0.3, -0.25) is 0 Å². The lowest BCUT2D eigenvalue weighted by atomic mass is 9.97. The Morgan fingerprint density at radius 3 is 2.63 bits per heavy atom. The Hall–Kier alpha value is -2.78. The Kier molecular flexibility index (Phi) is 5.52. The van der Waals surface area contributed by atoms with E-state index in [1.165, 1.54) is 0 Å². The van der Waals surface area contributed by atoms with Gasteiger partial charge in [-0.15, -0.1) is 10.2 Å². The van der Waals surface area contributed by atoms with Gasteiger partial charge in [0.05, 0.1) is 12.3 Å². The average Bonchev–Trinajstić information content (AvgIpc) is 3.14. The molecule has 1 fully saturated rings. The SMILES string of the molecule is CCOc1ccccc1NC(=O)N1CCC(c2nnc(C(F)(F)F)o2)CC1. The van der Waals surface area contributed by atoms with E-state index in [0.717, 1.165) is 0 Å². The minimum absolute atomic E-state index is 0.0379. The maximum Gasteiger partial charge on any atom is 0.470 e. The summed E-state index contributed by atoms with van der Waals surface area (Å²) in [4.78, 5) is 14.1. The summed E-state index contributed by atoms with van der Waals surface area (Å²) in [5.41, 5.74) is 0.568. The van der Waals surface area contributed by atoms with Crippen LogP contribution in [0, 0.1) is 0 Å². The third-order valence-corrected chi connectivity index (χ3v) is 4.24. The molecule has 0 radical (unpaired) electrons. The number of nitrogens with zero attached hydrogens (tertiary/aromatic N) is 3. The number of carbonyl (C=O) groups excluding carboxylic acids is 1. The number of aromatic nitrogens is 2. The Bertz CT molecular complexity index is 786. The number of piperidine rings is 1. The monoisotopic (exact) mass is 384 g/mol. The van der Waals surface area contributed by atoms with Gasteiger partial charge in [0.15, 0.2) is 0 Å². The summed E-state index contributed by atoms with van der Waals surface area (Å²) in [6.07, 6.45) is -3.76. The Morgan fingerprint density at radius 1 is 1.30 bits per heavy atom. The van der Waals surface area contributed by atoms with E-state index in [0.29, 0.717) is 44.0 Å². The fourth-order valence-electron chi connectivity index (χ4n) is 2.89. The predicted octanol–water partition coefficient (Wildman–Crippen LogP) is 3.90. The summed E-state index contributed by atoms with van der Waals surface area (Å²) in [5.74, 6) is -1.10. The molecule has 0 unspecified atom stereocenters. The molecule has 0 atom stereocenters. The zero-order valence-electron chi connectivity index (χ0n) is 14.6. The van der Waals surface area contributed by atoms with Crippen molar-refractivity contribution >= 4 is 11.7 Å². The number of alkyl halides is 3. The number of hydrogen-bond donors (Lipinski definition) is 1. The lowest BCUT2D eigenvalue weighted by molar-refractivity contribution is -0.157. The molecule has 2 aromatic rings. The average molecular weight is 384 g/mol. The van der Waals surface area contributed by atoms with Crippen LogP contribution in [-0.2, 0) is 6.18 Å². The van der Waals surface area contributed by atoms with Crippen molar-refractivity contribution in [2.75, 3.05) is 25.0 Å². The number of benzene rings is 1. The first-order valence-electron chi connectivity index (χ1n) is 8.57. The van der Waals surface area contributed by atoms with E-state index < -0.39 is 12.1 Å². The fraction of sp³-hybridized carbons (Fsp3) is 0.471. The van der Waals surface area contributed by atoms with Gasteiger partial charge in [-0.25, -0.2) is 4.79 Å². The summed E-state index contributed by atoms with van der Waals surface area (Å²) in [6.45, 7) is 3.07. The first-order chi connectivity index (χ1) is 12.9. The Morgan fingerprint density at radius 2 is 2.00 bits per heavy atom. The number of halogens is 3. The number of ether oxygens (including phenoxy) is 1. The molecule has 27 heavy (non-hydrogen) atoms. The van der Waals surface area contributed by atoms with E-state index >= 15 is 0 Å². The van der Waals surface area contributed by atoms with Crippen molar-refractivity contribution in [1.29, 1.82) is 0 Å². The number of likely N-dealkylation sites (tertiary alicyclic amines) is 1. The number of nitrogens with one attached hydrogen (secondary N) is 1. The largest absolute Gasteiger partial charge is 0.492 e. The molecule has 2 heterocycles. The number of para-hydroxylation sites is 2. The van der Waals surface area contributed by atoms with E-state index in [1.54, 1.807) is 23.1 Å². The van der Waals surface area contributed by atoms with Crippen molar-refractivity contribution < 1.29 is 27.1 Å². The third kappa shape index (κ3) is 4.50. The molecule has 146 valence electrons. The minimum atomic E-state index is -4.65. The van der Waals surface area contributed by atoms with Gasteiger partial charge in [0.1, 0.15) is 5.75 Å². The predicted molar refractivity (Wildman–Crippen MR) is 89.5 cm³/mol. The van der Waals surface area contributed by atoms with Crippen LogP contribution >= 0.6 is 0 Å². The maximum absolute atomic E-state index is 12.6. The smallest absolute Gasteiger partial charge is 0.470 e. The lowest BCUT2D eigenvalue weighted by Crippen LogP contribution is -2.40.